The van der Waals surface area contributed by atoms with Crippen LogP contribution in [0.5, 0.6) is 11.5 Å². The van der Waals surface area contributed by atoms with Crippen LogP contribution in [0.1, 0.15) is 6.42 Å². The standard InChI is InChI=1S/C14H15ClF3NO6/c1-23-9-5-8(10(24-2)4-7(9)15)19-11(20)6-13(22,12(21)25-3)14(16,17)18/h4-5,22H,6H2,1-3H3,(H,19,20). The monoisotopic (exact) mass is 385 g/mol. The third-order valence-electron chi connectivity index (χ3n) is 3.16. The Morgan fingerprint density at radius 1 is 1.16 bits per heavy atom. The minimum Gasteiger partial charge on any atom is -0.495 e. The third kappa shape index (κ3) is 4.45. The van der Waals surface area contributed by atoms with Crippen LogP contribution in [0.4, 0.5) is 18.9 Å². The van der Waals surface area contributed by atoms with Crippen LogP contribution in [-0.4, -0.2) is 50.1 Å². The molecule has 1 aromatic rings. The van der Waals surface area contributed by atoms with Crippen molar-refractivity contribution in [2.24, 2.45) is 0 Å². The van der Waals surface area contributed by atoms with Gasteiger partial charge in [-0.1, -0.05) is 11.6 Å². The van der Waals surface area contributed by atoms with Gasteiger partial charge >= 0.3 is 12.1 Å². The molecule has 0 aliphatic heterocycles. The first-order valence-electron chi connectivity index (χ1n) is 6.59. The Bertz CT molecular complexity index is 667. The summed E-state index contributed by atoms with van der Waals surface area (Å²) < 4.78 is 52.7. The quantitative estimate of drug-likeness (QED) is 0.729. The average molecular weight is 386 g/mol. The van der Waals surface area contributed by atoms with E-state index in [0.29, 0.717) is 7.11 Å². The fourth-order valence-electron chi connectivity index (χ4n) is 1.84. The molecular weight excluding hydrogens is 371 g/mol. The Labute approximate surface area is 145 Å². The molecule has 0 saturated carbocycles. The summed E-state index contributed by atoms with van der Waals surface area (Å²) in [4.78, 5) is 23.2. The van der Waals surface area contributed by atoms with Crippen LogP contribution >= 0.6 is 11.6 Å². The lowest BCUT2D eigenvalue weighted by atomic mass is 9.98. The Balaban J connectivity index is 3.12. The summed E-state index contributed by atoms with van der Waals surface area (Å²) in [5, 5.41) is 11.8. The number of aliphatic hydroxyl groups is 1. The first kappa shape index (κ1) is 20.8. The van der Waals surface area contributed by atoms with Crippen LogP contribution < -0.4 is 14.8 Å². The fourth-order valence-corrected chi connectivity index (χ4v) is 2.07. The molecule has 140 valence electrons. The molecule has 11 heteroatoms. The second kappa shape index (κ2) is 7.79. The Hall–Kier alpha value is -2.20. The van der Waals surface area contributed by atoms with Crippen LogP contribution in [0.25, 0.3) is 0 Å². The van der Waals surface area contributed by atoms with Crippen LogP contribution in [0.3, 0.4) is 0 Å². The number of rotatable bonds is 6. The van der Waals surface area contributed by atoms with Gasteiger partial charge in [-0.05, 0) is 0 Å². The number of alkyl halides is 3. The second-order valence-electron chi connectivity index (χ2n) is 4.76. The van der Waals surface area contributed by atoms with E-state index in [4.69, 9.17) is 21.1 Å². The van der Waals surface area contributed by atoms with E-state index >= 15 is 0 Å². The highest BCUT2D eigenvalue weighted by Crippen LogP contribution is 2.37. The van der Waals surface area contributed by atoms with Crippen LogP contribution in [0.2, 0.25) is 5.02 Å². The summed E-state index contributed by atoms with van der Waals surface area (Å²) in [7, 11) is 3.19. The molecule has 25 heavy (non-hydrogen) atoms. The molecule has 1 unspecified atom stereocenters. The van der Waals surface area contributed by atoms with Crippen molar-refractivity contribution < 1.29 is 42.1 Å². The highest BCUT2D eigenvalue weighted by atomic mass is 35.5. The van der Waals surface area contributed by atoms with Crippen LogP contribution in [0, 0.1) is 0 Å². The predicted molar refractivity (Wildman–Crippen MR) is 80.8 cm³/mol. The number of carbonyl (C=O) groups is 2. The van der Waals surface area contributed by atoms with Gasteiger partial charge in [-0.3, -0.25) is 4.79 Å². The maximum absolute atomic E-state index is 13.0. The lowest BCUT2D eigenvalue weighted by Gasteiger charge is -2.27. The molecule has 0 saturated heterocycles. The predicted octanol–water partition coefficient (Wildman–Crippen LogP) is 2.15. The summed E-state index contributed by atoms with van der Waals surface area (Å²) in [6, 6.07) is 2.48. The Morgan fingerprint density at radius 3 is 2.16 bits per heavy atom. The van der Waals surface area contributed by atoms with E-state index in [1.165, 1.54) is 26.4 Å². The van der Waals surface area contributed by atoms with Gasteiger partial charge < -0.3 is 24.6 Å². The van der Waals surface area contributed by atoms with Crippen molar-refractivity contribution in [1.29, 1.82) is 0 Å². The molecule has 1 amide bonds. The number of esters is 1. The average Bonchev–Trinajstić information content (AvgIpc) is 2.53. The number of hydrogen-bond acceptors (Lipinski definition) is 6. The zero-order valence-corrected chi connectivity index (χ0v) is 14.1. The molecule has 0 radical (unpaired) electrons. The number of hydrogen-bond donors (Lipinski definition) is 2. The first-order valence-corrected chi connectivity index (χ1v) is 6.96. The van der Waals surface area contributed by atoms with Crippen LogP contribution in [-0.2, 0) is 14.3 Å². The molecule has 7 nitrogen and oxygen atoms in total. The summed E-state index contributed by atoms with van der Waals surface area (Å²) >= 11 is 5.88. The Kier molecular flexibility index (Phi) is 6.49. The Morgan fingerprint density at radius 2 is 1.72 bits per heavy atom. The number of amides is 1. The van der Waals surface area contributed by atoms with Gasteiger partial charge in [0.05, 0.1) is 38.5 Å². The normalized spacial score (nSPS) is 13.6. The number of carbonyl (C=O) groups excluding carboxylic acids is 2. The van der Waals surface area contributed by atoms with E-state index in [1.54, 1.807) is 0 Å². The van der Waals surface area contributed by atoms with Gasteiger partial charge in [0.2, 0.25) is 5.91 Å². The van der Waals surface area contributed by atoms with Crippen molar-refractivity contribution in [1.82, 2.24) is 0 Å². The maximum Gasteiger partial charge on any atom is 0.428 e. The molecule has 0 spiro atoms. The lowest BCUT2D eigenvalue weighted by Crippen LogP contribution is -2.54. The number of methoxy groups -OCH3 is 3. The fraction of sp³-hybridized carbons (Fsp3) is 0.429. The zero-order valence-electron chi connectivity index (χ0n) is 13.4. The number of ether oxygens (including phenoxy) is 3. The molecule has 1 atom stereocenters. The van der Waals surface area contributed by atoms with E-state index in [1.807, 2.05) is 0 Å². The summed E-state index contributed by atoms with van der Waals surface area (Å²) in [5.41, 5.74) is -4.06. The number of nitrogens with one attached hydrogen (secondary N) is 1. The van der Waals surface area contributed by atoms with E-state index < -0.39 is 30.1 Å². The highest BCUT2D eigenvalue weighted by molar-refractivity contribution is 6.32. The van der Waals surface area contributed by atoms with Gasteiger partial charge in [-0.15, -0.1) is 0 Å². The third-order valence-corrected chi connectivity index (χ3v) is 3.45. The molecule has 1 aromatic carbocycles. The van der Waals surface area contributed by atoms with E-state index in [-0.39, 0.29) is 22.2 Å². The number of anilines is 1. The summed E-state index contributed by atoms with van der Waals surface area (Å²) in [6.45, 7) is 0. The number of halogens is 4. The molecule has 2 N–H and O–H groups in total. The van der Waals surface area contributed by atoms with Crippen molar-refractivity contribution in [3.63, 3.8) is 0 Å². The van der Waals surface area contributed by atoms with Gasteiger partial charge in [0, 0.05) is 12.1 Å². The SMILES string of the molecule is COC(=O)C(O)(CC(=O)Nc1cc(OC)c(Cl)cc1OC)C(F)(F)F. The van der Waals surface area contributed by atoms with Gasteiger partial charge in [-0.25, -0.2) is 4.79 Å². The molecular formula is C14H15ClF3NO6. The van der Waals surface area contributed by atoms with E-state index in [2.05, 4.69) is 10.1 Å². The van der Waals surface area contributed by atoms with Crippen molar-refractivity contribution >= 4 is 29.2 Å². The van der Waals surface area contributed by atoms with Gasteiger partial charge in [-0.2, -0.15) is 13.2 Å². The molecule has 0 aliphatic carbocycles. The minimum absolute atomic E-state index is 0.0350. The van der Waals surface area contributed by atoms with Crippen molar-refractivity contribution in [2.45, 2.75) is 18.2 Å². The molecule has 1 rings (SSSR count). The lowest BCUT2D eigenvalue weighted by molar-refractivity contribution is -0.261. The first-order chi connectivity index (χ1) is 11.5. The second-order valence-corrected chi connectivity index (χ2v) is 5.17. The molecule has 0 heterocycles. The number of benzene rings is 1. The smallest absolute Gasteiger partial charge is 0.428 e. The van der Waals surface area contributed by atoms with E-state index in [9.17, 15) is 27.9 Å². The van der Waals surface area contributed by atoms with Gasteiger partial charge in [0.25, 0.3) is 5.60 Å². The van der Waals surface area contributed by atoms with Crippen molar-refractivity contribution in [2.75, 3.05) is 26.6 Å². The zero-order chi connectivity index (χ0) is 19.4. The molecule has 0 bridgehead atoms. The topological polar surface area (TPSA) is 94.1 Å². The van der Waals surface area contributed by atoms with Crippen LogP contribution in [0.15, 0.2) is 12.1 Å². The van der Waals surface area contributed by atoms with Crippen molar-refractivity contribution in [3.05, 3.63) is 17.2 Å². The summed E-state index contributed by atoms with van der Waals surface area (Å²) in [5.74, 6) is -3.16. The maximum atomic E-state index is 13.0. The van der Waals surface area contributed by atoms with Gasteiger partial charge in [0.1, 0.15) is 11.5 Å². The molecule has 0 aliphatic rings. The van der Waals surface area contributed by atoms with Gasteiger partial charge in [0.15, 0.2) is 0 Å². The molecule has 0 aromatic heterocycles. The molecule has 0 fully saturated rings. The largest absolute Gasteiger partial charge is 0.495 e. The highest BCUT2D eigenvalue weighted by Gasteiger charge is 2.61. The minimum atomic E-state index is -5.42. The van der Waals surface area contributed by atoms with Crippen molar-refractivity contribution in [3.8, 4) is 11.5 Å². The summed E-state index contributed by atoms with van der Waals surface area (Å²) in [6.07, 6.45) is -7.03. The van der Waals surface area contributed by atoms with E-state index in [0.717, 1.165) is 0 Å².